The number of nitrogens with zero attached hydrogens (tertiary/aromatic N) is 4. The van der Waals surface area contributed by atoms with Gasteiger partial charge in [0.1, 0.15) is 11.3 Å². The number of carbonyl (C=O) groups is 1. The van der Waals surface area contributed by atoms with E-state index in [0.29, 0.717) is 0 Å². The summed E-state index contributed by atoms with van der Waals surface area (Å²) in [5, 5.41) is 9.84. The van der Waals surface area contributed by atoms with Crippen LogP contribution < -0.4 is 0 Å². The van der Waals surface area contributed by atoms with Crippen LogP contribution in [0.3, 0.4) is 0 Å². The Labute approximate surface area is 52.1 Å². The SMILES string of the molecule is CC(C)[N+]1=NN=NC1=O. The molecule has 0 radical (unpaired) electrons. The van der Waals surface area contributed by atoms with Crippen molar-refractivity contribution in [2.45, 2.75) is 19.9 Å². The maximum atomic E-state index is 10.6. The second kappa shape index (κ2) is 2.00. The Morgan fingerprint density at radius 2 is 2.22 bits per heavy atom. The van der Waals surface area contributed by atoms with E-state index in [1.165, 1.54) is 4.70 Å². The van der Waals surface area contributed by atoms with Crippen molar-refractivity contribution in [3.8, 4) is 0 Å². The smallest absolute Gasteiger partial charge is 0.203 e. The van der Waals surface area contributed by atoms with Crippen molar-refractivity contribution in [3.63, 3.8) is 0 Å². The summed E-state index contributed by atoms with van der Waals surface area (Å²) in [6, 6.07) is -0.336. The predicted molar refractivity (Wildman–Crippen MR) is 28.1 cm³/mol. The van der Waals surface area contributed by atoms with Gasteiger partial charge in [-0.15, -0.1) is 0 Å². The van der Waals surface area contributed by atoms with E-state index in [2.05, 4.69) is 15.6 Å². The fourth-order valence-electron chi connectivity index (χ4n) is 0.510. The van der Waals surface area contributed by atoms with Gasteiger partial charge in [-0.1, -0.05) is 4.70 Å². The summed E-state index contributed by atoms with van der Waals surface area (Å²) in [5.74, 6) is 0. The van der Waals surface area contributed by atoms with Crippen molar-refractivity contribution in [2.24, 2.45) is 15.6 Å². The number of urea groups is 1. The first kappa shape index (κ1) is 6.00. The predicted octanol–water partition coefficient (Wildman–Crippen LogP) is 1.36. The third kappa shape index (κ3) is 0.984. The van der Waals surface area contributed by atoms with E-state index in [0.717, 1.165) is 0 Å². The Morgan fingerprint density at radius 3 is 2.44 bits per heavy atom. The highest BCUT2D eigenvalue weighted by Gasteiger charge is 2.25. The third-order valence-electron chi connectivity index (χ3n) is 0.952. The maximum absolute atomic E-state index is 10.6. The molecule has 0 spiro atoms. The van der Waals surface area contributed by atoms with Crippen LogP contribution in [-0.2, 0) is 0 Å². The van der Waals surface area contributed by atoms with Gasteiger partial charge < -0.3 is 0 Å². The summed E-state index contributed by atoms with van der Waals surface area (Å²) in [4.78, 5) is 10.6. The Bertz CT molecular complexity index is 193. The van der Waals surface area contributed by atoms with Gasteiger partial charge in [0, 0.05) is 0 Å². The van der Waals surface area contributed by atoms with E-state index in [9.17, 15) is 4.79 Å². The lowest BCUT2D eigenvalue weighted by Crippen LogP contribution is -2.19. The number of hydrogen-bond acceptors (Lipinski definition) is 3. The van der Waals surface area contributed by atoms with Gasteiger partial charge in [0.05, 0.1) is 0 Å². The summed E-state index contributed by atoms with van der Waals surface area (Å²) < 4.78 is 1.22. The molecule has 0 unspecified atom stereocenters. The number of rotatable bonds is 1. The van der Waals surface area contributed by atoms with Crippen molar-refractivity contribution in [3.05, 3.63) is 0 Å². The van der Waals surface area contributed by atoms with Crippen molar-refractivity contribution in [1.29, 1.82) is 0 Å². The monoisotopic (exact) mass is 127 g/mol. The molecule has 0 saturated carbocycles. The van der Waals surface area contributed by atoms with Gasteiger partial charge >= 0.3 is 6.03 Å². The van der Waals surface area contributed by atoms with Crippen LogP contribution in [0.1, 0.15) is 13.8 Å². The minimum Gasteiger partial charge on any atom is -0.203 e. The molecule has 0 saturated heterocycles. The van der Waals surface area contributed by atoms with E-state index in [4.69, 9.17) is 0 Å². The standard InChI is InChI=1S/C4H7N4O/c1-3(2)8-4(9)5-6-7-8/h3H,1-2H3/q+1. The molecule has 0 aromatic carbocycles. The van der Waals surface area contributed by atoms with E-state index < -0.39 is 0 Å². The highest BCUT2D eigenvalue weighted by atomic mass is 16.2. The van der Waals surface area contributed by atoms with Gasteiger partial charge in [-0.25, -0.2) is 4.79 Å². The van der Waals surface area contributed by atoms with E-state index in [1.807, 2.05) is 13.8 Å². The Balaban J connectivity index is 2.76. The molecule has 1 heterocycles. The van der Waals surface area contributed by atoms with Gasteiger partial charge in [-0.2, -0.15) is 0 Å². The first-order valence-corrected chi connectivity index (χ1v) is 2.66. The van der Waals surface area contributed by atoms with Crippen LogP contribution in [0.2, 0.25) is 0 Å². The molecule has 0 aromatic rings. The molecule has 0 aliphatic carbocycles. The molecule has 0 atom stereocenters. The van der Waals surface area contributed by atoms with Crippen LogP contribution >= 0.6 is 0 Å². The molecule has 1 rings (SSSR count). The zero-order valence-corrected chi connectivity index (χ0v) is 5.27. The van der Waals surface area contributed by atoms with Crippen LogP contribution in [-0.4, -0.2) is 16.8 Å². The second-order valence-electron chi connectivity index (χ2n) is 2.00. The zero-order chi connectivity index (χ0) is 6.85. The molecule has 0 aromatic heterocycles. The van der Waals surface area contributed by atoms with Gasteiger partial charge in [0.15, 0.2) is 5.11 Å². The molecular weight excluding hydrogens is 120 g/mol. The summed E-state index contributed by atoms with van der Waals surface area (Å²) in [5.41, 5.74) is 0. The lowest BCUT2D eigenvalue weighted by Gasteiger charge is -1.94. The molecule has 48 valence electrons. The zero-order valence-electron chi connectivity index (χ0n) is 5.27. The first-order chi connectivity index (χ1) is 4.22. The minimum absolute atomic E-state index is 0.0486. The van der Waals surface area contributed by atoms with Crippen LogP contribution in [0.25, 0.3) is 0 Å². The average molecular weight is 127 g/mol. The van der Waals surface area contributed by atoms with Crippen molar-refractivity contribution in [1.82, 2.24) is 0 Å². The highest BCUT2D eigenvalue weighted by molar-refractivity contribution is 5.65. The minimum atomic E-state index is -0.384. The Morgan fingerprint density at radius 1 is 1.56 bits per heavy atom. The Hall–Kier alpha value is -1.13. The average Bonchev–Trinajstić information content (AvgIpc) is 2.13. The van der Waals surface area contributed by atoms with Crippen molar-refractivity contribution < 1.29 is 9.49 Å². The first-order valence-electron chi connectivity index (χ1n) is 2.66. The molecule has 0 N–H and O–H groups in total. The summed E-state index contributed by atoms with van der Waals surface area (Å²) in [6.45, 7) is 3.69. The molecule has 9 heavy (non-hydrogen) atoms. The summed E-state index contributed by atoms with van der Waals surface area (Å²) in [6.07, 6.45) is 0. The van der Waals surface area contributed by atoms with E-state index >= 15 is 0 Å². The fraction of sp³-hybridized carbons (Fsp3) is 0.750. The summed E-state index contributed by atoms with van der Waals surface area (Å²) >= 11 is 0. The lowest BCUT2D eigenvalue weighted by molar-refractivity contribution is -0.523. The number of carbonyl (C=O) groups excluding carboxylic acids is 1. The normalized spacial score (nSPS) is 17.2. The molecule has 1 aliphatic rings. The number of amides is 2. The fourth-order valence-corrected chi connectivity index (χ4v) is 0.510. The van der Waals surface area contributed by atoms with Crippen LogP contribution in [0, 0.1) is 0 Å². The number of hydrogen-bond donors (Lipinski definition) is 0. The third-order valence-corrected chi connectivity index (χ3v) is 0.952. The quantitative estimate of drug-likeness (QED) is 0.490. The van der Waals surface area contributed by atoms with Crippen molar-refractivity contribution >= 4 is 6.03 Å². The molecule has 0 fully saturated rings. The molecule has 0 bridgehead atoms. The van der Waals surface area contributed by atoms with Gasteiger partial charge in [0.25, 0.3) is 0 Å². The molecule has 2 amide bonds. The van der Waals surface area contributed by atoms with Crippen LogP contribution in [0.5, 0.6) is 0 Å². The largest absolute Gasteiger partial charge is 0.534 e. The van der Waals surface area contributed by atoms with E-state index in [1.54, 1.807) is 0 Å². The molecule has 1 aliphatic heterocycles. The topological polar surface area (TPSA) is 57.2 Å². The second-order valence-corrected chi connectivity index (χ2v) is 2.00. The highest BCUT2D eigenvalue weighted by Crippen LogP contribution is 2.01. The molecular formula is C4H7N4O+. The van der Waals surface area contributed by atoms with Gasteiger partial charge in [0.2, 0.25) is 5.22 Å². The molecule has 5 nitrogen and oxygen atoms in total. The van der Waals surface area contributed by atoms with E-state index in [-0.39, 0.29) is 12.1 Å². The van der Waals surface area contributed by atoms with Gasteiger partial charge in [-0.05, 0) is 13.8 Å². The van der Waals surface area contributed by atoms with Gasteiger partial charge in [-0.3, -0.25) is 0 Å². The lowest BCUT2D eigenvalue weighted by atomic mass is 10.4. The summed E-state index contributed by atoms with van der Waals surface area (Å²) in [7, 11) is 0. The molecule has 5 heteroatoms. The Kier molecular flexibility index (Phi) is 1.33. The van der Waals surface area contributed by atoms with Crippen LogP contribution in [0.4, 0.5) is 4.79 Å². The van der Waals surface area contributed by atoms with Crippen LogP contribution in [0.15, 0.2) is 15.6 Å². The maximum Gasteiger partial charge on any atom is 0.534 e. The van der Waals surface area contributed by atoms with Crippen molar-refractivity contribution in [2.75, 3.05) is 0 Å².